The van der Waals surface area contributed by atoms with Crippen LogP contribution in [0.25, 0.3) is 11.8 Å². The highest BCUT2D eigenvalue weighted by atomic mass is 35.5. The number of hydrogen-bond acceptors (Lipinski definition) is 3. The van der Waals surface area contributed by atoms with Crippen LogP contribution in [0.3, 0.4) is 0 Å². The molecule has 0 spiro atoms. The Kier molecular flexibility index (Phi) is 6.61. The maximum atomic E-state index is 12.5. The molecular weight excluding hydrogens is 398 g/mol. The normalized spacial score (nSPS) is 11.1. The number of aryl methyl sites for hydroxylation is 1. The number of methoxy groups -OCH3 is 1. The standard InChI is InChI=1S/C24H22ClN3O2/c1-16-12-19(17(2)28(16)23-7-5-4-6-22(23)25)13-20(14-26)24(29)27-15-18-8-10-21(30-3)11-9-18/h4-13H,15H2,1-3H3,(H,27,29)/b20-13-. The molecule has 1 heterocycles. The Morgan fingerprint density at radius 1 is 1.20 bits per heavy atom. The fourth-order valence-electron chi connectivity index (χ4n) is 3.26. The number of halogens is 1. The lowest BCUT2D eigenvalue weighted by molar-refractivity contribution is -0.117. The van der Waals surface area contributed by atoms with Crippen molar-refractivity contribution in [2.75, 3.05) is 7.11 Å². The molecule has 0 saturated heterocycles. The van der Waals surface area contributed by atoms with E-state index in [2.05, 4.69) is 5.32 Å². The van der Waals surface area contributed by atoms with Crippen molar-refractivity contribution in [2.45, 2.75) is 20.4 Å². The topological polar surface area (TPSA) is 67.0 Å². The Morgan fingerprint density at radius 2 is 1.90 bits per heavy atom. The Hall–Kier alpha value is -3.49. The molecule has 0 unspecified atom stereocenters. The maximum Gasteiger partial charge on any atom is 0.262 e. The van der Waals surface area contributed by atoms with E-state index >= 15 is 0 Å². The zero-order chi connectivity index (χ0) is 21.7. The van der Waals surface area contributed by atoms with Gasteiger partial charge in [0.25, 0.3) is 5.91 Å². The lowest BCUT2D eigenvalue weighted by Gasteiger charge is -2.11. The van der Waals surface area contributed by atoms with Crippen LogP contribution in [-0.2, 0) is 11.3 Å². The molecule has 0 atom stereocenters. The van der Waals surface area contributed by atoms with Gasteiger partial charge in [0.2, 0.25) is 0 Å². The lowest BCUT2D eigenvalue weighted by Crippen LogP contribution is -2.23. The molecule has 0 saturated carbocycles. The number of hydrogen-bond donors (Lipinski definition) is 1. The third-order valence-electron chi connectivity index (χ3n) is 4.84. The van der Waals surface area contributed by atoms with Crippen LogP contribution in [0.2, 0.25) is 5.02 Å². The molecule has 6 heteroatoms. The van der Waals surface area contributed by atoms with Gasteiger partial charge in [-0.2, -0.15) is 5.26 Å². The third kappa shape index (κ3) is 4.56. The molecule has 0 fully saturated rings. The third-order valence-corrected chi connectivity index (χ3v) is 5.16. The molecule has 0 aliphatic rings. The van der Waals surface area contributed by atoms with Crippen molar-refractivity contribution < 1.29 is 9.53 Å². The zero-order valence-electron chi connectivity index (χ0n) is 17.1. The lowest BCUT2D eigenvalue weighted by atomic mass is 10.1. The minimum atomic E-state index is -0.420. The minimum Gasteiger partial charge on any atom is -0.497 e. The van der Waals surface area contributed by atoms with Gasteiger partial charge in [0.15, 0.2) is 0 Å². The van der Waals surface area contributed by atoms with Crippen LogP contribution in [0.4, 0.5) is 0 Å². The van der Waals surface area contributed by atoms with E-state index < -0.39 is 5.91 Å². The molecule has 2 aromatic carbocycles. The number of ether oxygens (including phenoxy) is 1. The van der Waals surface area contributed by atoms with Gasteiger partial charge in [-0.25, -0.2) is 0 Å². The Bertz CT molecular complexity index is 1140. The summed E-state index contributed by atoms with van der Waals surface area (Å²) in [6.07, 6.45) is 1.61. The average molecular weight is 420 g/mol. The molecule has 30 heavy (non-hydrogen) atoms. The maximum absolute atomic E-state index is 12.5. The van der Waals surface area contributed by atoms with Gasteiger partial charge in [-0.3, -0.25) is 4.79 Å². The molecule has 1 N–H and O–H groups in total. The first-order chi connectivity index (χ1) is 14.4. The highest BCUT2D eigenvalue weighted by molar-refractivity contribution is 6.32. The van der Waals surface area contributed by atoms with Crippen LogP contribution in [0.5, 0.6) is 5.75 Å². The summed E-state index contributed by atoms with van der Waals surface area (Å²) in [5, 5.41) is 13.0. The fourth-order valence-corrected chi connectivity index (χ4v) is 3.48. The summed E-state index contributed by atoms with van der Waals surface area (Å²) in [6.45, 7) is 4.22. The van der Waals surface area contributed by atoms with E-state index in [1.54, 1.807) is 13.2 Å². The number of amides is 1. The number of aromatic nitrogens is 1. The number of carbonyl (C=O) groups is 1. The predicted octanol–water partition coefficient (Wildman–Crippen LogP) is 4.98. The summed E-state index contributed by atoms with van der Waals surface area (Å²) in [5.74, 6) is 0.326. The summed E-state index contributed by atoms with van der Waals surface area (Å²) in [5.41, 5.74) is 4.47. The highest BCUT2D eigenvalue weighted by Crippen LogP contribution is 2.27. The van der Waals surface area contributed by atoms with Crippen molar-refractivity contribution in [1.29, 1.82) is 5.26 Å². The molecule has 1 amide bonds. The second-order valence-electron chi connectivity index (χ2n) is 6.81. The summed E-state index contributed by atoms with van der Waals surface area (Å²) >= 11 is 6.35. The van der Waals surface area contributed by atoms with Crippen molar-refractivity contribution >= 4 is 23.6 Å². The van der Waals surface area contributed by atoms with Crippen molar-refractivity contribution in [3.8, 4) is 17.5 Å². The molecule has 5 nitrogen and oxygen atoms in total. The molecule has 1 aromatic heterocycles. The van der Waals surface area contributed by atoms with E-state index in [1.807, 2.05) is 79.1 Å². The Balaban J connectivity index is 1.82. The van der Waals surface area contributed by atoms with Crippen LogP contribution in [0, 0.1) is 25.2 Å². The Morgan fingerprint density at radius 3 is 2.53 bits per heavy atom. The van der Waals surface area contributed by atoms with Gasteiger partial charge in [-0.1, -0.05) is 35.9 Å². The number of benzene rings is 2. The van der Waals surface area contributed by atoms with Crippen molar-refractivity contribution in [3.05, 3.63) is 87.7 Å². The number of nitrogens with zero attached hydrogens (tertiary/aromatic N) is 2. The van der Waals surface area contributed by atoms with Crippen LogP contribution >= 0.6 is 11.6 Å². The summed E-state index contributed by atoms with van der Waals surface area (Å²) in [4.78, 5) is 12.5. The molecule has 0 aliphatic carbocycles. The number of para-hydroxylation sites is 1. The quantitative estimate of drug-likeness (QED) is 0.452. The van der Waals surface area contributed by atoms with E-state index in [9.17, 15) is 10.1 Å². The number of nitriles is 1. The van der Waals surface area contributed by atoms with E-state index in [4.69, 9.17) is 16.3 Å². The van der Waals surface area contributed by atoms with Crippen LogP contribution in [-0.4, -0.2) is 17.6 Å². The van der Waals surface area contributed by atoms with E-state index in [0.29, 0.717) is 11.6 Å². The monoisotopic (exact) mass is 419 g/mol. The second-order valence-corrected chi connectivity index (χ2v) is 7.22. The van der Waals surface area contributed by atoms with Gasteiger partial charge in [-0.15, -0.1) is 0 Å². The van der Waals surface area contributed by atoms with Crippen molar-refractivity contribution in [1.82, 2.24) is 9.88 Å². The summed E-state index contributed by atoms with van der Waals surface area (Å²) in [6, 6.07) is 18.9. The van der Waals surface area contributed by atoms with E-state index in [-0.39, 0.29) is 5.57 Å². The Labute approximate surface area is 181 Å². The molecule has 0 aliphatic heterocycles. The molecule has 0 bridgehead atoms. The highest BCUT2D eigenvalue weighted by Gasteiger charge is 2.15. The fraction of sp³-hybridized carbons (Fsp3) is 0.167. The first-order valence-electron chi connectivity index (χ1n) is 9.41. The molecule has 3 rings (SSSR count). The van der Waals surface area contributed by atoms with E-state index in [0.717, 1.165) is 34.0 Å². The zero-order valence-corrected chi connectivity index (χ0v) is 17.8. The van der Waals surface area contributed by atoms with Gasteiger partial charge in [0, 0.05) is 17.9 Å². The second kappa shape index (κ2) is 9.34. The number of rotatable bonds is 6. The molecular formula is C24H22ClN3O2. The first kappa shape index (κ1) is 21.2. The minimum absolute atomic E-state index is 0.0444. The van der Waals surface area contributed by atoms with Gasteiger partial charge in [0.1, 0.15) is 17.4 Å². The van der Waals surface area contributed by atoms with Gasteiger partial charge in [0.05, 0.1) is 17.8 Å². The number of carbonyl (C=O) groups excluding carboxylic acids is 1. The molecule has 0 radical (unpaired) electrons. The van der Waals surface area contributed by atoms with Crippen LogP contribution in [0.1, 0.15) is 22.5 Å². The SMILES string of the molecule is COc1ccc(CNC(=O)/C(C#N)=C\c2cc(C)n(-c3ccccc3Cl)c2C)cc1. The van der Waals surface area contributed by atoms with Crippen LogP contribution < -0.4 is 10.1 Å². The molecule has 152 valence electrons. The predicted molar refractivity (Wildman–Crippen MR) is 119 cm³/mol. The first-order valence-corrected chi connectivity index (χ1v) is 9.79. The van der Waals surface area contributed by atoms with Crippen molar-refractivity contribution in [3.63, 3.8) is 0 Å². The molecule has 3 aromatic rings. The smallest absolute Gasteiger partial charge is 0.262 e. The number of nitrogens with one attached hydrogen (secondary N) is 1. The van der Waals surface area contributed by atoms with Crippen LogP contribution in [0.15, 0.2) is 60.2 Å². The van der Waals surface area contributed by atoms with Gasteiger partial charge >= 0.3 is 0 Å². The van der Waals surface area contributed by atoms with Gasteiger partial charge < -0.3 is 14.6 Å². The van der Waals surface area contributed by atoms with Crippen molar-refractivity contribution in [2.24, 2.45) is 0 Å². The average Bonchev–Trinajstić information content (AvgIpc) is 3.03. The largest absolute Gasteiger partial charge is 0.497 e. The summed E-state index contributed by atoms with van der Waals surface area (Å²) in [7, 11) is 1.60. The van der Waals surface area contributed by atoms with Gasteiger partial charge in [-0.05, 0) is 61.4 Å². The summed E-state index contributed by atoms with van der Waals surface area (Å²) < 4.78 is 7.14. The van der Waals surface area contributed by atoms with E-state index in [1.165, 1.54) is 0 Å².